The number of rotatable bonds is 5. The molecular formula is C20H18ClF4N3O2. The van der Waals surface area contributed by atoms with Crippen molar-refractivity contribution in [1.82, 2.24) is 10.2 Å². The minimum Gasteiger partial charge on any atom is -0.335 e. The number of benzene rings is 2. The zero-order chi connectivity index (χ0) is 21.8. The van der Waals surface area contributed by atoms with Crippen LogP contribution in [0.25, 0.3) is 0 Å². The molecule has 0 radical (unpaired) electrons. The Labute approximate surface area is 175 Å². The summed E-state index contributed by atoms with van der Waals surface area (Å²) in [4.78, 5) is 25.7. The predicted octanol–water partition coefficient (Wildman–Crippen LogP) is 4.39. The van der Waals surface area contributed by atoms with Crippen LogP contribution in [-0.2, 0) is 4.79 Å². The molecule has 1 saturated heterocycles. The van der Waals surface area contributed by atoms with Crippen LogP contribution in [0.4, 0.5) is 28.0 Å². The van der Waals surface area contributed by atoms with E-state index in [-0.39, 0.29) is 18.5 Å². The van der Waals surface area contributed by atoms with E-state index in [0.29, 0.717) is 16.8 Å². The average molecular weight is 444 g/mol. The van der Waals surface area contributed by atoms with Crippen LogP contribution < -0.4 is 10.6 Å². The van der Waals surface area contributed by atoms with Gasteiger partial charge in [-0.15, -0.1) is 0 Å². The summed E-state index contributed by atoms with van der Waals surface area (Å²) >= 11 is 5.80. The lowest BCUT2D eigenvalue weighted by Gasteiger charge is -2.38. The summed E-state index contributed by atoms with van der Waals surface area (Å²) in [5.74, 6) is -3.11. The Bertz CT molecular complexity index is 927. The van der Waals surface area contributed by atoms with Gasteiger partial charge in [0, 0.05) is 35.7 Å². The number of likely N-dealkylation sites (tertiary alicyclic amines) is 1. The van der Waals surface area contributed by atoms with Crippen LogP contribution in [-0.4, -0.2) is 42.4 Å². The third kappa shape index (κ3) is 5.41. The molecule has 30 heavy (non-hydrogen) atoms. The van der Waals surface area contributed by atoms with Crippen molar-refractivity contribution in [3.63, 3.8) is 0 Å². The van der Waals surface area contributed by atoms with Gasteiger partial charge in [0.25, 0.3) is 6.43 Å². The van der Waals surface area contributed by atoms with Crippen LogP contribution in [0.5, 0.6) is 0 Å². The third-order valence-electron chi connectivity index (χ3n) is 4.79. The van der Waals surface area contributed by atoms with Gasteiger partial charge in [-0.25, -0.2) is 22.4 Å². The highest BCUT2D eigenvalue weighted by atomic mass is 35.5. The quantitative estimate of drug-likeness (QED) is 0.673. The highest BCUT2D eigenvalue weighted by molar-refractivity contribution is 6.30. The first-order valence-electron chi connectivity index (χ1n) is 9.07. The molecule has 1 heterocycles. The predicted molar refractivity (Wildman–Crippen MR) is 104 cm³/mol. The standard InChI is InChI=1S/C20H18ClF4N3O2/c21-11-1-4-13(5-2-11)26-20(30)27-17-9-28(10-18(24)25)19(29)8-15(17)14-6-3-12(22)7-16(14)23/h1-7,15,17-18H,8-10H2,(H2,26,27,30). The molecule has 1 fully saturated rings. The highest BCUT2D eigenvalue weighted by Crippen LogP contribution is 2.32. The second-order valence-corrected chi connectivity index (χ2v) is 7.31. The molecule has 0 spiro atoms. The Balaban J connectivity index is 1.81. The van der Waals surface area contributed by atoms with E-state index >= 15 is 0 Å². The lowest BCUT2D eigenvalue weighted by Crippen LogP contribution is -2.55. The van der Waals surface area contributed by atoms with E-state index in [1.165, 1.54) is 6.07 Å². The molecule has 2 aromatic rings. The molecule has 0 aliphatic carbocycles. The Kier molecular flexibility index (Phi) is 6.81. The molecule has 160 valence electrons. The van der Waals surface area contributed by atoms with E-state index in [9.17, 15) is 27.2 Å². The van der Waals surface area contributed by atoms with Crippen molar-refractivity contribution in [1.29, 1.82) is 0 Å². The van der Waals surface area contributed by atoms with Gasteiger partial charge in [0.2, 0.25) is 5.91 Å². The molecule has 0 bridgehead atoms. The third-order valence-corrected chi connectivity index (χ3v) is 5.04. The maximum absolute atomic E-state index is 14.3. The molecule has 0 saturated carbocycles. The normalized spacial score (nSPS) is 19.1. The Morgan fingerprint density at radius 2 is 1.87 bits per heavy atom. The van der Waals surface area contributed by atoms with Crippen LogP contribution in [0.3, 0.4) is 0 Å². The van der Waals surface area contributed by atoms with Gasteiger partial charge in [-0.2, -0.15) is 0 Å². The number of nitrogens with zero attached hydrogens (tertiary/aromatic N) is 1. The Morgan fingerprint density at radius 3 is 2.50 bits per heavy atom. The van der Waals surface area contributed by atoms with Gasteiger partial charge < -0.3 is 15.5 Å². The number of carbonyl (C=O) groups is 2. The number of anilines is 1. The van der Waals surface area contributed by atoms with Crippen molar-refractivity contribution in [2.24, 2.45) is 0 Å². The largest absolute Gasteiger partial charge is 0.335 e. The fourth-order valence-electron chi connectivity index (χ4n) is 3.41. The fraction of sp³-hybridized carbons (Fsp3) is 0.300. The molecule has 5 nitrogen and oxygen atoms in total. The van der Waals surface area contributed by atoms with Crippen molar-refractivity contribution < 1.29 is 27.2 Å². The maximum Gasteiger partial charge on any atom is 0.319 e. The van der Waals surface area contributed by atoms with Gasteiger partial charge in [-0.1, -0.05) is 17.7 Å². The molecule has 1 aliphatic rings. The van der Waals surface area contributed by atoms with Crippen LogP contribution >= 0.6 is 11.6 Å². The number of carbonyl (C=O) groups excluding carboxylic acids is 2. The number of piperidine rings is 1. The summed E-state index contributed by atoms with van der Waals surface area (Å²) in [6, 6.07) is 7.63. The number of alkyl halides is 2. The first-order chi connectivity index (χ1) is 14.2. The van der Waals surface area contributed by atoms with Gasteiger partial charge >= 0.3 is 6.03 Å². The number of hydrogen-bond donors (Lipinski definition) is 2. The molecular weight excluding hydrogens is 426 g/mol. The lowest BCUT2D eigenvalue weighted by atomic mass is 9.84. The molecule has 0 aromatic heterocycles. The van der Waals surface area contributed by atoms with Gasteiger partial charge in [0.05, 0.1) is 12.6 Å². The summed E-state index contributed by atoms with van der Waals surface area (Å²) < 4.78 is 53.3. The summed E-state index contributed by atoms with van der Waals surface area (Å²) in [6.07, 6.45) is -3.06. The van der Waals surface area contributed by atoms with E-state index in [1.54, 1.807) is 24.3 Å². The molecule has 2 atom stereocenters. The smallest absolute Gasteiger partial charge is 0.319 e. The van der Waals surface area contributed by atoms with Gasteiger partial charge in [0.15, 0.2) is 0 Å². The number of amides is 3. The number of halogens is 5. The minimum absolute atomic E-state index is 0.0261. The topological polar surface area (TPSA) is 61.4 Å². The number of nitrogens with one attached hydrogen (secondary N) is 2. The van der Waals surface area contributed by atoms with Crippen LogP contribution in [0.15, 0.2) is 42.5 Å². The molecule has 2 N–H and O–H groups in total. The summed E-state index contributed by atoms with van der Waals surface area (Å²) in [6.45, 7) is -1.03. The summed E-state index contributed by atoms with van der Waals surface area (Å²) in [5, 5.41) is 5.65. The van der Waals surface area contributed by atoms with Crippen LogP contribution in [0, 0.1) is 11.6 Å². The second-order valence-electron chi connectivity index (χ2n) is 6.88. The van der Waals surface area contributed by atoms with Crippen LogP contribution in [0.2, 0.25) is 5.02 Å². The maximum atomic E-state index is 14.3. The monoisotopic (exact) mass is 443 g/mol. The zero-order valence-electron chi connectivity index (χ0n) is 15.5. The molecule has 10 heteroatoms. The lowest BCUT2D eigenvalue weighted by molar-refractivity contribution is -0.136. The Morgan fingerprint density at radius 1 is 1.17 bits per heavy atom. The average Bonchev–Trinajstić information content (AvgIpc) is 2.66. The second kappa shape index (κ2) is 9.34. The van der Waals surface area contributed by atoms with Crippen LogP contribution in [0.1, 0.15) is 17.9 Å². The first-order valence-corrected chi connectivity index (χ1v) is 9.44. The molecule has 3 amide bonds. The van der Waals surface area contributed by atoms with Gasteiger partial charge in [-0.05, 0) is 35.9 Å². The molecule has 3 rings (SSSR count). The zero-order valence-corrected chi connectivity index (χ0v) is 16.3. The number of hydrogen-bond acceptors (Lipinski definition) is 2. The van der Waals surface area contributed by atoms with E-state index in [2.05, 4.69) is 10.6 Å². The SMILES string of the molecule is O=C(Nc1ccc(Cl)cc1)NC1CN(CC(F)F)C(=O)CC1c1ccc(F)cc1F. The van der Waals surface area contributed by atoms with Crippen molar-refractivity contribution >= 4 is 29.2 Å². The molecule has 1 aliphatic heterocycles. The highest BCUT2D eigenvalue weighted by Gasteiger charge is 2.38. The van der Waals surface area contributed by atoms with E-state index < -0.39 is 48.5 Å². The van der Waals surface area contributed by atoms with Crippen molar-refractivity contribution in [3.8, 4) is 0 Å². The van der Waals surface area contributed by atoms with Gasteiger partial charge in [-0.3, -0.25) is 4.79 Å². The summed E-state index contributed by atoms with van der Waals surface area (Å²) in [7, 11) is 0. The first kappa shape index (κ1) is 21.9. The van der Waals surface area contributed by atoms with Crippen molar-refractivity contribution in [3.05, 3.63) is 64.7 Å². The molecule has 2 unspecified atom stereocenters. The molecule has 2 aromatic carbocycles. The number of urea groups is 1. The van der Waals surface area contributed by atoms with E-state index in [0.717, 1.165) is 11.0 Å². The van der Waals surface area contributed by atoms with Crippen molar-refractivity contribution in [2.75, 3.05) is 18.4 Å². The van der Waals surface area contributed by atoms with E-state index in [1.807, 2.05) is 0 Å². The minimum atomic E-state index is -2.75. The van der Waals surface area contributed by atoms with E-state index in [4.69, 9.17) is 11.6 Å². The van der Waals surface area contributed by atoms with Crippen molar-refractivity contribution in [2.45, 2.75) is 24.8 Å². The fourth-order valence-corrected chi connectivity index (χ4v) is 3.54. The Hall–Kier alpha value is -2.81. The summed E-state index contributed by atoms with van der Waals surface area (Å²) in [5.41, 5.74) is 0.455. The van der Waals surface area contributed by atoms with Gasteiger partial charge in [0.1, 0.15) is 11.6 Å².